The molecule has 0 saturated carbocycles. The zero-order chi connectivity index (χ0) is 24.4. The van der Waals surface area contributed by atoms with Crippen molar-refractivity contribution in [2.75, 3.05) is 16.1 Å². The number of hydrogen-bond donors (Lipinski definition) is 3. The number of halogens is 1. The molecule has 4 rings (SSSR count). The number of rotatable bonds is 4. The number of aryl methyl sites for hydroxylation is 3. The van der Waals surface area contributed by atoms with E-state index in [-0.39, 0.29) is 5.69 Å². The van der Waals surface area contributed by atoms with E-state index in [1.165, 1.54) is 4.68 Å². The van der Waals surface area contributed by atoms with E-state index in [1.807, 2.05) is 57.2 Å². The molecular weight excluding hydrogens is 496 g/mol. The molecule has 1 aromatic heterocycles. The highest BCUT2D eigenvalue weighted by Crippen LogP contribution is 2.24. The summed E-state index contributed by atoms with van der Waals surface area (Å²) in [6.45, 7) is 5.83. The van der Waals surface area contributed by atoms with Crippen LogP contribution in [0.4, 0.5) is 11.4 Å². The molecule has 0 bridgehead atoms. The zero-order valence-corrected chi connectivity index (χ0v) is 20.5. The Labute approximate surface area is 205 Å². The zero-order valence-electron chi connectivity index (χ0n) is 18.9. The summed E-state index contributed by atoms with van der Waals surface area (Å²) in [7, 11) is 0. The predicted octanol–water partition coefficient (Wildman–Crippen LogP) is 5.29. The number of carbonyl (C=O) groups excluding carboxylic acids is 3. The summed E-state index contributed by atoms with van der Waals surface area (Å²) < 4.78 is 2.15. The van der Waals surface area contributed by atoms with Crippen molar-refractivity contribution in [1.29, 1.82) is 0 Å². The number of fused-ring (bicyclic) bond motifs is 1. The average Bonchev–Trinajstić information content (AvgIpc) is 3.12. The maximum Gasteiger partial charge on any atom is 0.328 e. The predicted molar refractivity (Wildman–Crippen MR) is 138 cm³/mol. The minimum atomic E-state index is -0.901. The van der Waals surface area contributed by atoms with Crippen molar-refractivity contribution < 1.29 is 14.4 Å². The summed E-state index contributed by atoms with van der Waals surface area (Å²) in [6, 6.07) is 19.9. The molecule has 34 heavy (non-hydrogen) atoms. The van der Waals surface area contributed by atoms with Gasteiger partial charge in [-0.2, -0.15) is 0 Å². The molecule has 3 aromatic carbocycles. The van der Waals surface area contributed by atoms with Crippen molar-refractivity contribution in [3.05, 3.63) is 93.6 Å². The summed E-state index contributed by atoms with van der Waals surface area (Å²) in [5.41, 5.74) is 7.53. The number of nitrogens with one attached hydrogen (secondary N) is 3. The number of anilines is 2. The van der Waals surface area contributed by atoms with Crippen molar-refractivity contribution >= 4 is 55.9 Å². The third kappa shape index (κ3) is 5.18. The Bertz CT molecular complexity index is 1400. The van der Waals surface area contributed by atoms with Gasteiger partial charge in [0.05, 0.1) is 5.52 Å². The second kappa shape index (κ2) is 9.52. The Kier molecular flexibility index (Phi) is 6.51. The molecule has 0 aliphatic carbocycles. The van der Waals surface area contributed by atoms with E-state index in [0.717, 1.165) is 26.5 Å². The molecule has 0 radical (unpaired) electrons. The largest absolute Gasteiger partial charge is 0.328 e. The number of aromatic nitrogens is 1. The maximum atomic E-state index is 13.2. The second-order valence-electron chi connectivity index (χ2n) is 8.16. The van der Waals surface area contributed by atoms with Gasteiger partial charge in [-0.3, -0.25) is 19.8 Å². The molecule has 8 heteroatoms. The van der Waals surface area contributed by atoms with Gasteiger partial charge in [-0.05, 0) is 80.4 Å². The van der Waals surface area contributed by atoms with Gasteiger partial charge in [0.15, 0.2) is 0 Å². The molecule has 0 aliphatic rings. The lowest BCUT2D eigenvalue weighted by atomic mass is 10.1. The van der Waals surface area contributed by atoms with Crippen molar-refractivity contribution in [1.82, 2.24) is 4.68 Å². The smallest absolute Gasteiger partial charge is 0.321 e. The van der Waals surface area contributed by atoms with Crippen LogP contribution in [0.1, 0.15) is 27.2 Å². The first-order chi connectivity index (χ1) is 16.2. The molecule has 7 nitrogen and oxygen atoms in total. The van der Waals surface area contributed by atoms with Crippen molar-refractivity contribution in [2.45, 2.75) is 20.8 Å². The molecule has 0 aliphatic heterocycles. The van der Waals surface area contributed by atoms with E-state index in [9.17, 15) is 14.4 Å². The Morgan fingerprint density at radius 2 is 1.38 bits per heavy atom. The molecule has 3 amide bonds. The second-order valence-corrected chi connectivity index (χ2v) is 9.08. The van der Waals surface area contributed by atoms with Crippen LogP contribution >= 0.6 is 15.9 Å². The van der Waals surface area contributed by atoms with Crippen LogP contribution in [0.2, 0.25) is 0 Å². The molecule has 0 spiro atoms. The lowest BCUT2D eigenvalue weighted by Crippen LogP contribution is -2.36. The van der Waals surface area contributed by atoms with Crippen molar-refractivity contribution in [3.8, 4) is 0 Å². The van der Waals surface area contributed by atoms with E-state index in [1.54, 1.807) is 30.3 Å². The third-order valence-electron chi connectivity index (χ3n) is 5.20. The van der Waals surface area contributed by atoms with Gasteiger partial charge in [-0.1, -0.05) is 39.7 Å². The summed E-state index contributed by atoms with van der Waals surface area (Å²) in [5.74, 6) is -2.17. The summed E-state index contributed by atoms with van der Waals surface area (Å²) in [6.07, 6.45) is 0. The Morgan fingerprint density at radius 3 is 2.06 bits per heavy atom. The van der Waals surface area contributed by atoms with Crippen LogP contribution in [-0.2, 0) is 9.59 Å². The Hall–Kier alpha value is -3.91. The van der Waals surface area contributed by atoms with Gasteiger partial charge >= 0.3 is 11.8 Å². The van der Waals surface area contributed by atoms with Crippen molar-refractivity contribution in [3.63, 3.8) is 0 Å². The van der Waals surface area contributed by atoms with Gasteiger partial charge < -0.3 is 10.6 Å². The Morgan fingerprint density at radius 1 is 0.706 bits per heavy atom. The minimum Gasteiger partial charge on any atom is -0.321 e. The van der Waals surface area contributed by atoms with Crippen molar-refractivity contribution in [2.24, 2.45) is 0 Å². The van der Waals surface area contributed by atoms with Crippen LogP contribution < -0.4 is 16.1 Å². The van der Waals surface area contributed by atoms with Crippen LogP contribution in [0.25, 0.3) is 10.9 Å². The number of amides is 3. The average molecular weight is 519 g/mol. The van der Waals surface area contributed by atoms with E-state index in [2.05, 4.69) is 32.0 Å². The molecule has 0 atom stereocenters. The van der Waals surface area contributed by atoms with Gasteiger partial charge in [-0.15, -0.1) is 0 Å². The molecule has 0 saturated heterocycles. The first-order valence-corrected chi connectivity index (χ1v) is 11.4. The number of carbonyl (C=O) groups is 3. The first kappa shape index (κ1) is 23.3. The van der Waals surface area contributed by atoms with Gasteiger partial charge in [0, 0.05) is 21.2 Å². The third-order valence-corrected chi connectivity index (χ3v) is 5.70. The number of nitrogens with zero attached hydrogens (tertiary/aromatic N) is 1. The summed E-state index contributed by atoms with van der Waals surface area (Å²) in [4.78, 5) is 38.4. The van der Waals surface area contributed by atoms with Gasteiger partial charge in [0.2, 0.25) is 0 Å². The fraction of sp³-hybridized carbons (Fsp3) is 0.115. The van der Waals surface area contributed by atoms with E-state index in [0.29, 0.717) is 16.9 Å². The van der Waals surface area contributed by atoms with Gasteiger partial charge in [-0.25, -0.2) is 4.68 Å². The topological polar surface area (TPSA) is 92.2 Å². The number of benzene rings is 3. The highest BCUT2D eigenvalue weighted by molar-refractivity contribution is 9.10. The van der Waals surface area contributed by atoms with Gasteiger partial charge in [0.25, 0.3) is 5.91 Å². The first-order valence-electron chi connectivity index (χ1n) is 10.6. The molecule has 172 valence electrons. The van der Waals surface area contributed by atoms with Crippen LogP contribution in [0.15, 0.2) is 71.2 Å². The van der Waals surface area contributed by atoms with Crippen LogP contribution in [0, 0.1) is 20.8 Å². The quantitative estimate of drug-likeness (QED) is 0.320. The van der Waals surface area contributed by atoms with Gasteiger partial charge in [0.1, 0.15) is 5.69 Å². The number of hydrogen-bond acceptors (Lipinski definition) is 3. The molecular formula is C26H23BrN4O3. The lowest BCUT2D eigenvalue weighted by molar-refractivity contribution is -0.133. The minimum absolute atomic E-state index is 0.184. The van der Waals surface area contributed by atoms with Crippen LogP contribution in [0.3, 0.4) is 0 Å². The molecule has 0 unspecified atom stereocenters. The van der Waals surface area contributed by atoms with E-state index in [4.69, 9.17) is 0 Å². The normalized spacial score (nSPS) is 10.7. The van der Waals surface area contributed by atoms with Crippen LogP contribution in [0.5, 0.6) is 0 Å². The summed E-state index contributed by atoms with van der Waals surface area (Å²) >= 11 is 3.43. The monoisotopic (exact) mass is 518 g/mol. The fourth-order valence-electron chi connectivity index (χ4n) is 3.69. The molecule has 3 N–H and O–H groups in total. The summed E-state index contributed by atoms with van der Waals surface area (Å²) in [5, 5.41) is 6.17. The van der Waals surface area contributed by atoms with E-state index < -0.39 is 17.7 Å². The highest BCUT2D eigenvalue weighted by Gasteiger charge is 2.21. The maximum absolute atomic E-state index is 13.2. The molecule has 1 heterocycles. The molecule has 0 fully saturated rings. The molecule has 4 aromatic rings. The van der Waals surface area contributed by atoms with Crippen LogP contribution in [-0.4, -0.2) is 22.4 Å². The SMILES string of the molecule is Cc1ccc(NC(=O)C(=O)Nn2c(C(=O)Nc3cc(C)cc(C)c3)cc3cc(Br)ccc32)cc1. The highest BCUT2D eigenvalue weighted by atomic mass is 79.9. The van der Waals surface area contributed by atoms with E-state index >= 15 is 0 Å². The fourth-order valence-corrected chi connectivity index (χ4v) is 4.07. The standard InChI is InChI=1S/C26H23BrN4O3/c1-15-4-7-20(8-5-15)28-25(33)26(34)30-31-22-9-6-19(27)13-18(22)14-23(31)24(32)29-21-11-16(2)10-17(3)12-21/h4-14H,1-3H3,(H,28,33)(H,29,32)(H,30,34). The lowest BCUT2D eigenvalue weighted by Gasteiger charge is -2.13. The Balaban J connectivity index is 1.63.